The molecule has 38 heavy (non-hydrogen) atoms. The van der Waals surface area contributed by atoms with Gasteiger partial charge in [-0.3, -0.25) is 4.79 Å². The van der Waals surface area contributed by atoms with Crippen molar-refractivity contribution in [2.45, 2.75) is 120 Å². The Kier molecular flexibility index (Phi) is 10.8. The first-order valence-electron chi connectivity index (χ1n) is 12.5. The molecule has 4 rings (SSSR count). The molecule has 0 amide bonds. The fourth-order valence-corrected chi connectivity index (χ4v) is 4.51. The van der Waals surface area contributed by atoms with Gasteiger partial charge in [0.15, 0.2) is 18.4 Å². The van der Waals surface area contributed by atoms with Crippen molar-refractivity contribution in [2.75, 3.05) is 19.8 Å². The topological polar surface area (TPSA) is 223 Å². The fraction of sp³-hybridized carbons (Fsp3) is 0.957. The summed E-state index contributed by atoms with van der Waals surface area (Å²) in [5, 5.41) is 68.6. The molecule has 7 N–H and O–H groups in total. The molecule has 4 fully saturated rings. The Morgan fingerprint density at radius 3 is 2.29 bits per heavy atom. The van der Waals surface area contributed by atoms with Crippen LogP contribution in [0.25, 0.3) is 0 Å². The van der Waals surface area contributed by atoms with E-state index in [2.05, 4.69) is 4.74 Å². The minimum atomic E-state index is -1.57. The van der Waals surface area contributed by atoms with Gasteiger partial charge in [0.2, 0.25) is 0 Å². The number of ether oxygens (including phenoxy) is 7. The lowest BCUT2D eigenvalue weighted by Crippen LogP contribution is -2.66. The molecule has 0 aliphatic carbocycles. The first-order chi connectivity index (χ1) is 17.7. The van der Waals surface area contributed by atoms with Gasteiger partial charge in [0.05, 0.1) is 18.8 Å². The van der Waals surface area contributed by atoms with Crippen molar-refractivity contribution in [3.63, 3.8) is 0 Å². The van der Waals surface area contributed by atoms with Gasteiger partial charge in [0, 0.05) is 13.5 Å². The predicted molar refractivity (Wildman–Crippen MR) is 122 cm³/mol. The van der Waals surface area contributed by atoms with E-state index >= 15 is 0 Å². The molecule has 5 unspecified atom stereocenters. The number of aliphatic hydroxyl groups is 7. The Morgan fingerprint density at radius 2 is 1.63 bits per heavy atom. The zero-order valence-electron chi connectivity index (χ0n) is 21.7. The third-order valence-corrected chi connectivity index (χ3v) is 6.71. The maximum Gasteiger partial charge on any atom is 0.302 e. The summed E-state index contributed by atoms with van der Waals surface area (Å²) in [6, 6.07) is 0. The SMILES string of the molecule is CC(=O)OCC1OCC[C@H](O)[C@@H]1O.CC1O[C@@H](O)C(O)[C@H](O)[C@@H]1O[C@@H]1OC2COC(C)(C)O[C@H]2[C@@H](O)C1O. The summed E-state index contributed by atoms with van der Waals surface area (Å²) in [5.41, 5.74) is 0. The van der Waals surface area contributed by atoms with Gasteiger partial charge in [0.25, 0.3) is 0 Å². The molecule has 0 radical (unpaired) electrons. The van der Waals surface area contributed by atoms with Gasteiger partial charge in [-0.05, 0) is 27.2 Å². The van der Waals surface area contributed by atoms with E-state index in [1.165, 1.54) is 13.8 Å². The molecular weight excluding hydrogens is 516 g/mol. The van der Waals surface area contributed by atoms with Crippen LogP contribution in [0.1, 0.15) is 34.1 Å². The fourth-order valence-electron chi connectivity index (χ4n) is 4.51. The number of rotatable bonds is 4. The number of carbonyl (C=O) groups excluding carboxylic acids is 1. The molecule has 222 valence electrons. The number of fused-ring (bicyclic) bond motifs is 1. The predicted octanol–water partition coefficient (Wildman–Crippen LogP) is -3.51. The summed E-state index contributed by atoms with van der Waals surface area (Å²) >= 11 is 0. The van der Waals surface area contributed by atoms with E-state index in [9.17, 15) is 40.5 Å². The van der Waals surface area contributed by atoms with Crippen molar-refractivity contribution >= 4 is 5.97 Å². The number of aliphatic hydroxyl groups excluding tert-OH is 7. The van der Waals surface area contributed by atoms with Gasteiger partial charge in [-0.2, -0.15) is 0 Å². The van der Waals surface area contributed by atoms with Gasteiger partial charge in [-0.15, -0.1) is 0 Å². The minimum Gasteiger partial charge on any atom is -0.463 e. The maximum absolute atomic E-state index is 10.5. The number of hydrogen-bond acceptors (Lipinski definition) is 15. The summed E-state index contributed by atoms with van der Waals surface area (Å²) < 4.78 is 37.2. The quantitative estimate of drug-likeness (QED) is 0.167. The molecule has 0 aromatic carbocycles. The number of hydrogen-bond donors (Lipinski definition) is 7. The molecule has 0 aromatic rings. The van der Waals surface area contributed by atoms with Crippen LogP contribution in [0.4, 0.5) is 0 Å². The molecule has 15 heteroatoms. The first-order valence-corrected chi connectivity index (χ1v) is 12.5. The average molecular weight is 557 g/mol. The summed E-state index contributed by atoms with van der Waals surface area (Å²) in [6.07, 6.45) is -13.9. The van der Waals surface area contributed by atoms with Crippen molar-refractivity contribution in [3.05, 3.63) is 0 Å². The van der Waals surface area contributed by atoms with Crippen molar-refractivity contribution < 1.29 is 73.7 Å². The van der Waals surface area contributed by atoms with E-state index in [1.807, 2.05) is 0 Å². The van der Waals surface area contributed by atoms with Crippen LogP contribution < -0.4 is 0 Å². The highest BCUT2D eigenvalue weighted by Gasteiger charge is 2.53. The van der Waals surface area contributed by atoms with Crippen molar-refractivity contribution in [1.82, 2.24) is 0 Å². The molecule has 0 saturated carbocycles. The zero-order valence-corrected chi connectivity index (χ0v) is 21.7. The van der Waals surface area contributed by atoms with E-state index < -0.39 is 91.5 Å². The first kappa shape index (κ1) is 31.5. The average Bonchev–Trinajstić information content (AvgIpc) is 2.85. The van der Waals surface area contributed by atoms with Crippen molar-refractivity contribution in [1.29, 1.82) is 0 Å². The van der Waals surface area contributed by atoms with Gasteiger partial charge >= 0.3 is 5.97 Å². The van der Waals surface area contributed by atoms with E-state index in [4.69, 9.17) is 28.4 Å². The molecule has 4 aliphatic rings. The van der Waals surface area contributed by atoms with Gasteiger partial charge < -0.3 is 68.9 Å². The summed E-state index contributed by atoms with van der Waals surface area (Å²) in [7, 11) is 0. The molecular formula is C23H40O15. The Hall–Kier alpha value is -1.05. The summed E-state index contributed by atoms with van der Waals surface area (Å²) in [5.74, 6) is -1.34. The molecule has 4 heterocycles. The second kappa shape index (κ2) is 13.1. The Bertz CT molecular complexity index is 765. The van der Waals surface area contributed by atoms with Crippen LogP contribution >= 0.6 is 0 Å². The van der Waals surface area contributed by atoms with Gasteiger partial charge in [-0.25, -0.2) is 0 Å². The Morgan fingerprint density at radius 1 is 0.947 bits per heavy atom. The van der Waals surface area contributed by atoms with Crippen LogP contribution in [0.15, 0.2) is 0 Å². The summed E-state index contributed by atoms with van der Waals surface area (Å²) in [4.78, 5) is 10.5. The van der Waals surface area contributed by atoms with Crippen LogP contribution in [0.5, 0.6) is 0 Å². The van der Waals surface area contributed by atoms with Crippen molar-refractivity contribution in [3.8, 4) is 0 Å². The molecule has 4 aliphatic heterocycles. The monoisotopic (exact) mass is 556 g/mol. The second-order valence-corrected chi connectivity index (χ2v) is 10.2. The smallest absolute Gasteiger partial charge is 0.302 e. The molecule has 15 nitrogen and oxygen atoms in total. The Labute approximate surface area is 219 Å². The largest absolute Gasteiger partial charge is 0.463 e. The van der Waals surface area contributed by atoms with Crippen LogP contribution in [0.3, 0.4) is 0 Å². The van der Waals surface area contributed by atoms with Crippen LogP contribution in [0, 0.1) is 0 Å². The molecule has 0 aromatic heterocycles. The lowest BCUT2D eigenvalue weighted by atomic mass is 9.96. The van der Waals surface area contributed by atoms with Crippen molar-refractivity contribution in [2.24, 2.45) is 0 Å². The molecule has 0 bridgehead atoms. The van der Waals surface area contributed by atoms with E-state index in [0.29, 0.717) is 13.0 Å². The Balaban J connectivity index is 0.000000260. The van der Waals surface area contributed by atoms with E-state index in [-0.39, 0.29) is 13.2 Å². The maximum atomic E-state index is 10.5. The van der Waals surface area contributed by atoms with E-state index in [1.54, 1.807) is 13.8 Å². The second-order valence-electron chi connectivity index (χ2n) is 10.2. The van der Waals surface area contributed by atoms with Crippen LogP contribution in [0.2, 0.25) is 0 Å². The highest BCUT2D eigenvalue weighted by Crippen LogP contribution is 2.34. The third kappa shape index (κ3) is 7.57. The molecule has 4 saturated heterocycles. The molecule has 13 atom stereocenters. The van der Waals surface area contributed by atoms with Gasteiger partial charge in [-0.1, -0.05) is 0 Å². The number of esters is 1. The van der Waals surface area contributed by atoms with Gasteiger partial charge in [0.1, 0.15) is 61.5 Å². The number of carbonyl (C=O) groups is 1. The highest BCUT2D eigenvalue weighted by molar-refractivity contribution is 5.65. The van der Waals surface area contributed by atoms with Crippen LogP contribution in [-0.4, -0.2) is 147 Å². The van der Waals surface area contributed by atoms with Crippen LogP contribution in [-0.2, 0) is 38.0 Å². The third-order valence-electron chi connectivity index (χ3n) is 6.71. The minimum absolute atomic E-state index is 0.00639. The normalized spacial score (nSPS) is 46.8. The lowest BCUT2D eigenvalue weighted by Gasteiger charge is -2.50. The zero-order chi connectivity index (χ0) is 28.4. The molecule has 0 spiro atoms. The highest BCUT2D eigenvalue weighted by atomic mass is 16.8. The lowest BCUT2D eigenvalue weighted by molar-refractivity contribution is -0.396. The summed E-state index contributed by atoms with van der Waals surface area (Å²) in [6.45, 7) is 6.70. The standard InChI is InChI=1S/C15H26O10.C8H14O5/c1-5-11(7(16)9(18)13(20)22-5)24-14-10(19)8(17)12-6(23-14)4-21-15(2,3)25-12;1-5(9)13-4-7-8(11)6(10)2-3-12-7/h5-14,16-20H,4H2,1-3H3;6-8,10-11H,2-4H2,1H3/t5?,6?,7-,8-,9?,10?,11+,12+,13+,14-;6-,7?,8-/m00/s1. The van der Waals surface area contributed by atoms with E-state index in [0.717, 1.165) is 0 Å².